The van der Waals surface area contributed by atoms with E-state index in [0.29, 0.717) is 5.57 Å². The molecule has 2 atom stereocenters. The van der Waals surface area contributed by atoms with Crippen LogP contribution in [0.5, 0.6) is 0 Å². The van der Waals surface area contributed by atoms with Gasteiger partial charge < -0.3 is 9.47 Å². The van der Waals surface area contributed by atoms with Gasteiger partial charge in [-0.15, -0.1) is 0 Å². The van der Waals surface area contributed by atoms with Gasteiger partial charge in [-0.25, -0.2) is 4.79 Å². The van der Waals surface area contributed by atoms with Crippen molar-refractivity contribution < 1.29 is 14.3 Å². The number of rotatable bonds is 2. The molecule has 0 N–H and O–H groups in total. The van der Waals surface area contributed by atoms with Gasteiger partial charge in [0.05, 0.1) is 13.2 Å². The molecule has 126 valence electrons. The van der Waals surface area contributed by atoms with E-state index in [1.165, 1.54) is 11.1 Å². The van der Waals surface area contributed by atoms with Crippen LogP contribution in [0, 0.1) is 5.92 Å². The lowest BCUT2D eigenvalue weighted by Crippen LogP contribution is -2.37. The molecule has 1 aliphatic carbocycles. The van der Waals surface area contributed by atoms with E-state index in [0.717, 1.165) is 58.5 Å². The largest absolute Gasteiger partial charge is 0.454 e. The highest BCUT2D eigenvalue weighted by atomic mass is 16.5. The summed E-state index contributed by atoms with van der Waals surface area (Å²) in [7, 11) is 0. The maximum absolute atomic E-state index is 11.9. The zero-order valence-electron chi connectivity index (χ0n) is 14.1. The summed E-state index contributed by atoms with van der Waals surface area (Å²) >= 11 is 0. The van der Waals surface area contributed by atoms with Crippen molar-refractivity contribution >= 4 is 5.97 Å². The van der Waals surface area contributed by atoms with Crippen molar-refractivity contribution in [3.63, 3.8) is 0 Å². The number of carbonyl (C=O) groups is 1. The number of esters is 1. The van der Waals surface area contributed by atoms with Crippen LogP contribution in [0.15, 0.2) is 35.5 Å². The third-order valence-electron chi connectivity index (χ3n) is 5.08. The quantitative estimate of drug-likeness (QED) is 0.446. The summed E-state index contributed by atoms with van der Waals surface area (Å²) in [5.74, 6) is -0.0920. The van der Waals surface area contributed by atoms with Gasteiger partial charge in [0.25, 0.3) is 0 Å². The molecule has 0 radical (unpaired) electrons. The van der Waals surface area contributed by atoms with Gasteiger partial charge in [-0.2, -0.15) is 0 Å². The Bertz CT molecular complexity index is 529. The first-order valence-electron chi connectivity index (χ1n) is 8.68. The van der Waals surface area contributed by atoms with Gasteiger partial charge in [-0.05, 0) is 38.7 Å². The van der Waals surface area contributed by atoms with Crippen molar-refractivity contribution in [2.45, 2.75) is 38.7 Å². The van der Waals surface area contributed by atoms with Gasteiger partial charge in [0.2, 0.25) is 0 Å². The fourth-order valence-electron chi connectivity index (χ4n) is 3.62. The van der Waals surface area contributed by atoms with E-state index in [2.05, 4.69) is 30.6 Å². The molecule has 3 rings (SSSR count). The van der Waals surface area contributed by atoms with Crippen LogP contribution in [-0.2, 0) is 14.3 Å². The van der Waals surface area contributed by atoms with Gasteiger partial charge in [0, 0.05) is 31.1 Å². The molecule has 2 fully saturated rings. The number of carbonyl (C=O) groups excluding carboxylic acids is 1. The van der Waals surface area contributed by atoms with Crippen LogP contribution in [0.3, 0.4) is 0 Å². The molecule has 0 bridgehead atoms. The molecule has 0 amide bonds. The van der Waals surface area contributed by atoms with Gasteiger partial charge in [0.1, 0.15) is 6.10 Å². The van der Waals surface area contributed by atoms with Crippen LogP contribution in [0.25, 0.3) is 0 Å². The molecule has 4 nitrogen and oxygen atoms in total. The average Bonchev–Trinajstić information content (AvgIpc) is 2.80. The van der Waals surface area contributed by atoms with Gasteiger partial charge in [-0.3, -0.25) is 4.90 Å². The standard InChI is InChI=1S/C19H27NO3/c1-14-4-3-5-16(13-20-8-10-22-11-9-20)6-7-17-15(2)19(21)23-18(17)12-14/h5,12,17-18H,2-4,6-11,13H2,1H3/b14-12+,16-5-/t17-,18-/m1/s1. The Labute approximate surface area is 138 Å². The summed E-state index contributed by atoms with van der Waals surface area (Å²) in [6.07, 6.45) is 8.46. The van der Waals surface area contributed by atoms with E-state index in [9.17, 15) is 4.79 Å². The monoisotopic (exact) mass is 317 g/mol. The first-order chi connectivity index (χ1) is 11.1. The molecule has 2 aliphatic heterocycles. The van der Waals surface area contributed by atoms with Gasteiger partial charge in [0.15, 0.2) is 0 Å². The highest BCUT2D eigenvalue weighted by Crippen LogP contribution is 2.34. The molecular formula is C19H27NO3. The van der Waals surface area contributed by atoms with Crippen LogP contribution in [0.2, 0.25) is 0 Å². The van der Waals surface area contributed by atoms with Crippen LogP contribution in [0.4, 0.5) is 0 Å². The lowest BCUT2D eigenvalue weighted by molar-refractivity contribution is -0.137. The Hall–Kier alpha value is -1.39. The molecule has 0 spiro atoms. The Morgan fingerprint density at radius 2 is 2.09 bits per heavy atom. The molecular weight excluding hydrogens is 290 g/mol. The summed E-state index contributed by atoms with van der Waals surface area (Å²) in [6, 6.07) is 0. The maximum Gasteiger partial charge on any atom is 0.334 e. The molecule has 0 unspecified atom stereocenters. The number of ether oxygens (including phenoxy) is 2. The van der Waals surface area contributed by atoms with Gasteiger partial charge >= 0.3 is 5.97 Å². The van der Waals surface area contributed by atoms with Gasteiger partial charge in [-0.1, -0.05) is 23.8 Å². The molecule has 23 heavy (non-hydrogen) atoms. The minimum atomic E-state index is -0.220. The topological polar surface area (TPSA) is 38.8 Å². The lowest BCUT2D eigenvalue weighted by atomic mass is 9.87. The number of fused-ring (bicyclic) bond motifs is 1. The first-order valence-corrected chi connectivity index (χ1v) is 8.68. The molecule has 3 aliphatic rings. The van der Waals surface area contributed by atoms with Crippen molar-refractivity contribution in [3.8, 4) is 0 Å². The molecule has 0 aromatic rings. The van der Waals surface area contributed by atoms with E-state index in [1.54, 1.807) is 0 Å². The number of hydrogen-bond donors (Lipinski definition) is 0. The normalized spacial score (nSPS) is 34.8. The Morgan fingerprint density at radius 3 is 2.87 bits per heavy atom. The molecule has 4 heteroatoms. The predicted molar refractivity (Wildman–Crippen MR) is 90.1 cm³/mol. The highest BCUT2D eigenvalue weighted by molar-refractivity contribution is 5.91. The first kappa shape index (κ1) is 16.5. The molecule has 2 saturated heterocycles. The van der Waals surface area contributed by atoms with E-state index in [4.69, 9.17) is 9.47 Å². The smallest absolute Gasteiger partial charge is 0.334 e. The second-order valence-corrected chi connectivity index (χ2v) is 6.84. The summed E-state index contributed by atoms with van der Waals surface area (Å²) < 4.78 is 10.9. The third kappa shape index (κ3) is 4.12. The maximum atomic E-state index is 11.9. The fourth-order valence-corrected chi connectivity index (χ4v) is 3.62. The zero-order chi connectivity index (χ0) is 16.2. The average molecular weight is 317 g/mol. The summed E-state index contributed by atoms with van der Waals surface area (Å²) in [5.41, 5.74) is 3.42. The minimum Gasteiger partial charge on any atom is -0.454 e. The number of allylic oxidation sites excluding steroid dienone is 2. The molecule has 0 aromatic carbocycles. The Balaban J connectivity index is 1.70. The predicted octanol–water partition coefficient (Wildman–Crippen LogP) is 2.86. The van der Waals surface area contributed by atoms with E-state index >= 15 is 0 Å². The van der Waals surface area contributed by atoms with Crippen molar-refractivity contribution in [1.29, 1.82) is 0 Å². The van der Waals surface area contributed by atoms with Crippen LogP contribution in [-0.4, -0.2) is 49.8 Å². The van der Waals surface area contributed by atoms with Crippen LogP contribution in [0.1, 0.15) is 32.6 Å². The highest BCUT2D eigenvalue weighted by Gasteiger charge is 2.37. The fraction of sp³-hybridized carbons (Fsp3) is 0.632. The third-order valence-corrected chi connectivity index (χ3v) is 5.08. The minimum absolute atomic E-state index is 0.113. The molecule has 0 saturated carbocycles. The summed E-state index contributed by atoms with van der Waals surface area (Å²) in [4.78, 5) is 14.3. The zero-order valence-corrected chi connectivity index (χ0v) is 14.1. The van der Waals surface area contributed by atoms with E-state index < -0.39 is 0 Å². The summed E-state index contributed by atoms with van der Waals surface area (Å²) in [6.45, 7) is 10.8. The lowest BCUT2D eigenvalue weighted by Gasteiger charge is -2.28. The van der Waals surface area contributed by atoms with Crippen LogP contribution < -0.4 is 0 Å². The number of hydrogen-bond acceptors (Lipinski definition) is 4. The van der Waals surface area contributed by atoms with E-state index in [1.807, 2.05) is 0 Å². The Kier molecular flexibility index (Phi) is 5.34. The molecule has 2 heterocycles. The van der Waals surface area contributed by atoms with Crippen molar-refractivity contribution in [3.05, 3.63) is 35.5 Å². The summed E-state index contributed by atoms with van der Waals surface area (Å²) in [5, 5.41) is 0. The second-order valence-electron chi connectivity index (χ2n) is 6.84. The second kappa shape index (κ2) is 7.45. The van der Waals surface area contributed by atoms with E-state index in [-0.39, 0.29) is 18.0 Å². The van der Waals surface area contributed by atoms with Crippen molar-refractivity contribution in [2.24, 2.45) is 5.92 Å². The molecule has 0 aromatic heterocycles. The van der Waals surface area contributed by atoms with Crippen LogP contribution >= 0.6 is 0 Å². The number of morpholine rings is 1. The SMILES string of the molecule is C=C1C(=O)O[C@@H]2/C=C(\C)CC/C=C(\CN3CCOCC3)CC[C@H]12. The Morgan fingerprint density at radius 1 is 1.30 bits per heavy atom. The number of nitrogens with zero attached hydrogens (tertiary/aromatic N) is 1. The van der Waals surface area contributed by atoms with Crippen molar-refractivity contribution in [1.82, 2.24) is 4.90 Å². The van der Waals surface area contributed by atoms with Crippen molar-refractivity contribution in [2.75, 3.05) is 32.8 Å².